The zero-order valence-electron chi connectivity index (χ0n) is 20.9. The molecule has 1 N–H and O–H groups in total. The Labute approximate surface area is 224 Å². The minimum absolute atomic E-state index is 0.160. The lowest BCUT2D eigenvalue weighted by atomic mass is 10.1. The summed E-state index contributed by atoms with van der Waals surface area (Å²) < 4.78 is 30.9. The van der Waals surface area contributed by atoms with Crippen LogP contribution >= 0.6 is 11.6 Å². The van der Waals surface area contributed by atoms with E-state index in [2.05, 4.69) is 37.0 Å². The van der Waals surface area contributed by atoms with Crippen LogP contribution in [0, 0.1) is 0 Å². The zero-order chi connectivity index (χ0) is 26.6. The van der Waals surface area contributed by atoms with E-state index < -0.39 is 6.61 Å². The Balaban J connectivity index is 1.16. The number of anilines is 2. The number of rotatable bonds is 8. The lowest BCUT2D eigenvalue weighted by Gasteiger charge is -2.37. The first-order valence-electron chi connectivity index (χ1n) is 12.5. The van der Waals surface area contributed by atoms with Crippen molar-refractivity contribution < 1.29 is 18.3 Å². The first-order chi connectivity index (χ1) is 18.4. The van der Waals surface area contributed by atoms with Gasteiger partial charge in [-0.1, -0.05) is 30.7 Å². The molecule has 1 amide bonds. The zero-order valence-corrected chi connectivity index (χ0v) is 21.7. The first kappa shape index (κ1) is 25.8. The fourth-order valence-corrected chi connectivity index (χ4v) is 4.93. The second kappa shape index (κ2) is 11.3. The summed E-state index contributed by atoms with van der Waals surface area (Å²) >= 11 is 6.27. The van der Waals surface area contributed by atoms with E-state index in [0.29, 0.717) is 35.0 Å². The van der Waals surface area contributed by atoms with Crippen molar-refractivity contribution in [2.24, 2.45) is 0 Å². The number of nitrogens with one attached hydrogen (secondary N) is 1. The maximum absolute atomic E-state index is 13.0. The van der Waals surface area contributed by atoms with Crippen LogP contribution in [0.1, 0.15) is 28.7 Å². The van der Waals surface area contributed by atoms with Crippen LogP contribution in [0.5, 0.6) is 5.75 Å². The molecule has 1 aliphatic rings. The van der Waals surface area contributed by atoms with Gasteiger partial charge in [-0.05, 0) is 60.5 Å². The standard InChI is InChI=1S/C28H28ClF2N5O2/c1-2-24-25(36-13-3-4-23(29)26(36)33-24)27(37)32-18-19-5-7-20(8-6-19)34-14-16-35(17-15-34)21-9-11-22(12-10-21)38-28(30)31/h3-13,28H,2,14-18H2,1H3,(H,32,37). The van der Waals surface area contributed by atoms with E-state index in [1.807, 2.05) is 19.1 Å². The van der Waals surface area contributed by atoms with Crippen molar-refractivity contribution in [2.45, 2.75) is 26.5 Å². The Morgan fingerprint density at radius 2 is 1.61 bits per heavy atom. The number of hydrogen-bond acceptors (Lipinski definition) is 5. The number of amides is 1. The number of nitrogens with zero attached hydrogens (tertiary/aromatic N) is 4. The topological polar surface area (TPSA) is 62.1 Å². The number of hydrogen-bond donors (Lipinski definition) is 1. The fraction of sp³-hybridized carbons (Fsp3) is 0.286. The van der Waals surface area contributed by atoms with Crippen LogP contribution in [0.25, 0.3) is 5.65 Å². The van der Waals surface area contributed by atoms with Gasteiger partial charge in [0.15, 0.2) is 5.65 Å². The molecule has 7 nitrogen and oxygen atoms in total. The normalized spacial score (nSPS) is 13.8. The summed E-state index contributed by atoms with van der Waals surface area (Å²) in [6, 6.07) is 18.5. The van der Waals surface area contributed by atoms with Crippen molar-refractivity contribution in [3.05, 3.63) is 88.8 Å². The molecule has 0 spiro atoms. The third kappa shape index (κ3) is 5.52. The molecule has 2 aromatic carbocycles. The molecule has 0 saturated carbocycles. The van der Waals surface area contributed by atoms with Gasteiger partial charge in [0.25, 0.3) is 5.91 Å². The van der Waals surface area contributed by atoms with Gasteiger partial charge < -0.3 is 19.9 Å². The van der Waals surface area contributed by atoms with Crippen LogP contribution in [0.15, 0.2) is 66.9 Å². The van der Waals surface area contributed by atoms with Crippen LogP contribution < -0.4 is 19.9 Å². The summed E-state index contributed by atoms with van der Waals surface area (Å²) in [4.78, 5) is 22.1. The Kier molecular flexibility index (Phi) is 7.64. The van der Waals surface area contributed by atoms with Gasteiger partial charge in [0.2, 0.25) is 0 Å². The van der Waals surface area contributed by atoms with Gasteiger partial charge in [-0.2, -0.15) is 8.78 Å². The van der Waals surface area contributed by atoms with Gasteiger partial charge in [-0.25, -0.2) is 4.98 Å². The van der Waals surface area contributed by atoms with E-state index >= 15 is 0 Å². The number of piperazine rings is 1. The summed E-state index contributed by atoms with van der Waals surface area (Å²) in [5, 5.41) is 3.52. The highest BCUT2D eigenvalue weighted by atomic mass is 35.5. The summed E-state index contributed by atoms with van der Waals surface area (Å²) in [7, 11) is 0. The van der Waals surface area contributed by atoms with Gasteiger partial charge >= 0.3 is 6.61 Å². The molecule has 2 aromatic heterocycles. The molecule has 0 bridgehead atoms. The average Bonchev–Trinajstić information content (AvgIpc) is 3.32. The van der Waals surface area contributed by atoms with Crippen LogP contribution in [-0.4, -0.2) is 48.1 Å². The van der Waals surface area contributed by atoms with Gasteiger partial charge in [-0.15, -0.1) is 0 Å². The summed E-state index contributed by atoms with van der Waals surface area (Å²) in [5.74, 6) is -0.0296. The highest BCUT2D eigenvalue weighted by Gasteiger charge is 2.20. The monoisotopic (exact) mass is 539 g/mol. The Morgan fingerprint density at radius 3 is 2.18 bits per heavy atom. The smallest absolute Gasteiger partial charge is 0.387 e. The fourth-order valence-electron chi connectivity index (χ4n) is 4.72. The summed E-state index contributed by atoms with van der Waals surface area (Å²) in [5.41, 5.74) is 4.90. The van der Waals surface area contributed by atoms with E-state index in [1.165, 1.54) is 0 Å². The van der Waals surface area contributed by atoms with Crippen molar-refractivity contribution in [3.63, 3.8) is 0 Å². The molecule has 3 heterocycles. The van der Waals surface area contributed by atoms with Crippen molar-refractivity contribution in [2.75, 3.05) is 36.0 Å². The number of pyridine rings is 1. The maximum Gasteiger partial charge on any atom is 0.387 e. The summed E-state index contributed by atoms with van der Waals surface area (Å²) in [6.07, 6.45) is 2.43. The highest BCUT2D eigenvalue weighted by molar-refractivity contribution is 6.33. The molecule has 10 heteroatoms. The van der Waals surface area contributed by atoms with E-state index in [1.54, 1.807) is 47.0 Å². The minimum atomic E-state index is -2.82. The summed E-state index contributed by atoms with van der Waals surface area (Å²) in [6.45, 7) is 2.84. The van der Waals surface area contributed by atoms with E-state index in [4.69, 9.17) is 11.6 Å². The van der Waals surface area contributed by atoms with Gasteiger partial charge in [0.05, 0.1) is 10.7 Å². The molecular weight excluding hydrogens is 512 g/mol. The number of fused-ring (bicyclic) bond motifs is 1. The molecule has 38 heavy (non-hydrogen) atoms. The molecule has 198 valence electrons. The van der Waals surface area contributed by atoms with Crippen molar-refractivity contribution in [3.8, 4) is 5.75 Å². The molecule has 0 unspecified atom stereocenters. The molecule has 1 fully saturated rings. The second-order valence-corrected chi connectivity index (χ2v) is 9.41. The Hall–Kier alpha value is -3.85. The highest BCUT2D eigenvalue weighted by Crippen LogP contribution is 2.24. The lowest BCUT2D eigenvalue weighted by Crippen LogP contribution is -2.46. The van der Waals surface area contributed by atoms with Crippen molar-refractivity contribution in [1.29, 1.82) is 0 Å². The number of alkyl halides is 2. The van der Waals surface area contributed by atoms with Crippen LogP contribution in [0.2, 0.25) is 5.02 Å². The third-order valence-electron chi connectivity index (χ3n) is 6.69. The molecule has 0 aliphatic carbocycles. The number of imidazole rings is 1. The largest absolute Gasteiger partial charge is 0.435 e. The van der Waals surface area contributed by atoms with Gasteiger partial charge in [0, 0.05) is 50.3 Å². The van der Waals surface area contributed by atoms with Crippen LogP contribution in [0.4, 0.5) is 20.2 Å². The van der Waals surface area contributed by atoms with Gasteiger partial charge in [-0.3, -0.25) is 9.20 Å². The minimum Gasteiger partial charge on any atom is -0.435 e. The molecule has 1 saturated heterocycles. The number of halogens is 3. The molecule has 1 aliphatic heterocycles. The predicted molar refractivity (Wildman–Crippen MR) is 145 cm³/mol. The maximum atomic E-state index is 13.0. The Morgan fingerprint density at radius 1 is 1.00 bits per heavy atom. The predicted octanol–water partition coefficient (Wildman–Crippen LogP) is 5.41. The first-order valence-corrected chi connectivity index (χ1v) is 12.9. The third-order valence-corrected chi connectivity index (χ3v) is 6.98. The van der Waals surface area contributed by atoms with Crippen LogP contribution in [-0.2, 0) is 13.0 Å². The number of aryl methyl sites for hydroxylation is 1. The quantitative estimate of drug-likeness (QED) is 0.324. The average molecular weight is 540 g/mol. The molecular formula is C28H28ClF2N5O2. The van der Waals surface area contributed by atoms with E-state index in [-0.39, 0.29) is 11.7 Å². The number of carbonyl (C=O) groups is 1. The molecule has 0 radical (unpaired) electrons. The van der Waals surface area contributed by atoms with Crippen molar-refractivity contribution >= 4 is 34.5 Å². The van der Waals surface area contributed by atoms with Gasteiger partial charge in [0.1, 0.15) is 11.4 Å². The van der Waals surface area contributed by atoms with E-state index in [9.17, 15) is 13.6 Å². The molecule has 5 rings (SSSR count). The number of carbonyl (C=O) groups excluding carboxylic acids is 1. The van der Waals surface area contributed by atoms with Crippen LogP contribution in [0.3, 0.4) is 0 Å². The molecule has 4 aromatic rings. The lowest BCUT2D eigenvalue weighted by molar-refractivity contribution is -0.0498. The number of ether oxygens (including phenoxy) is 1. The SMILES string of the molecule is CCc1nc2c(Cl)cccn2c1C(=O)NCc1ccc(N2CCN(c3ccc(OC(F)F)cc3)CC2)cc1. The number of benzene rings is 2. The number of aromatic nitrogens is 2. The van der Waals surface area contributed by atoms with Crippen molar-refractivity contribution in [1.82, 2.24) is 14.7 Å². The van der Waals surface area contributed by atoms with E-state index in [0.717, 1.165) is 43.1 Å². The molecule has 0 atom stereocenters. The Bertz CT molecular complexity index is 1400. The second-order valence-electron chi connectivity index (χ2n) is 9.01.